The van der Waals surface area contributed by atoms with Crippen LogP contribution in [0.15, 0.2) is 12.3 Å². The first kappa shape index (κ1) is 13.4. The molecule has 110 valence electrons. The van der Waals surface area contributed by atoms with Gasteiger partial charge in [0, 0.05) is 19.8 Å². The molecule has 0 radical (unpaired) electrons. The summed E-state index contributed by atoms with van der Waals surface area (Å²) in [6.07, 6.45) is 5.40. The van der Waals surface area contributed by atoms with Gasteiger partial charge in [0.2, 0.25) is 0 Å². The summed E-state index contributed by atoms with van der Waals surface area (Å²) in [4.78, 5) is 14.4. The van der Waals surface area contributed by atoms with Gasteiger partial charge >= 0.3 is 6.03 Å². The lowest BCUT2D eigenvalue weighted by molar-refractivity contribution is -0.0385. The lowest BCUT2D eigenvalue weighted by Crippen LogP contribution is -2.54. The smallest absolute Gasteiger partial charge is 0.318 e. The molecule has 1 aromatic rings. The number of hydrogen-bond acceptors (Lipinski definition) is 3. The van der Waals surface area contributed by atoms with Crippen molar-refractivity contribution in [1.82, 2.24) is 20.0 Å². The Morgan fingerprint density at radius 2 is 2.40 bits per heavy atom. The van der Waals surface area contributed by atoms with Gasteiger partial charge in [-0.05, 0) is 32.3 Å². The molecule has 20 heavy (non-hydrogen) atoms. The van der Waals surface area contributed by atoms with Gasteiger partial charge in [0.25, 0.3) is 0 Å². The average Bonchev–Trinajstić information content (AvgIpc) is 3.06. The molecule has 0 bridgehead atoms. The summed E-state index contributed by atoms with van der Waals surface area (Å²) in [7, 11) is 1.88. The molecule has 2 amide bonds. The lowest BCUT2D eigenvalue weighted by atomic mass is 10.1. The first-order chi connectivity index (χ1) is 9.65. The Labute approximate surface area is 119 Å². The Morgan fingerprint density at radius 3 is 3.15 bits per heavy atom. The van der Waals surface area contributed by atoms with Crippen molar-refractivity contribution in [1.29, 1.82) is 0 Å². The van der Waals surface area contributed by atoms with E-state index in [1.807, 2.05) is 31.1 Å². The minimum absolute atomic E-state index is 0.00310. The van der Waals surface area contributed by atoms with E-state index in [2.05, 4.69) is 10.4 Å². The standard InChI is InChI=1S/C14H22N4O2/c1-10(11-6-7-17(2)16-11)15-14(19)18-8-9-20-13-5-3-4-12(13)18/h6-7,10,12-13H,3-5,8-9H2,1-2H3,(H,15,19). The van der Waals surface area contributed by atoms with Crippen molar-refractivity contribution in [2.75, 3.05) is 13.2 Å². The number of ether oxygens (including phenoxy) is 1. The maximum absolute atomic E-state index is 12.5. The number of fused-ring (bicyclic) bond motifs is 1. The third-order valence-electron chi connectivity index (χ3n) is 4.26. The Morgan fingerprint density at radius 1 is 1.55 bits per heavy atom. The number of nitrogens with zero attached hydrogens (tertiary/aromatic N) is 3. The van der Waals surface area contributed by atoms with Crippen LogP contribution in [0, 0.1) is 0 Å². The number of nitrogens with one attached hydrogen (secondary N) is 1. The van der Waals surface area contributed by atoms with Crippen molar-refractivity contribution in [3.8, 4) is 0 Å². The molecule has 3 atom stereocenters. The molecule has 1 N–H and O–H groups in total. The van der Waals surface area contributed by atoms with Gasteiger partial charge in [0.1, 0.15) is 0 Å². The fraction of sp³-hybridized carbons (Fsp3) is 0.714. The Bertz CT molecular complexity index is 487. The maximum atomic E-state index is 12.5. The van der Waals surface area contributed by atoms with Gasteiger partial charge in [-0.1, -0.05) is 0 Å². The van der Waals surface area contributed by atoms with Crippen LogP contribution in [-0.4, -0.2) is 46.0 Å². The second-order valence-corrected chi connectivity index (χ2v) is 5.69. The summed E-state index contributed by atoms with van der Waals surface area (Å²) >= 11 is 0. The van der Waals surface area contributed by atoms with E-state index < -0.39 is 0 Å². The second-order valence-electron chi connectivity index (χ2n) is 5.69. The summed E-state index contributed by atoms with van der Waals surface area (Å²) in [5.74, 6) is 0. The van der Waals surface area contributed by atoms with Crippen molar-refractivity contribution in [2.24, 2.45) is 7.05 Å². The van der Waals surface area contributed by atoms with E-state index in [1.54, 1.807) is 4.68 Å². The van der Waals surface area contributed by atoms with Gasteiger partial charge < -0.3 is 15.0 Å². The highest BCUT2D eigenvalue weighted by Gasteiger charge is 2.38. The number of hydrogen-bond donors (Lipinski definition) is 1. The summed E-state index contributed by atoms with van der Waals surface area (Å²) in [5, 5.41) is 7.38. The van der Waals surface area contributed by atoms with Gasteiger partial charge in [-0.15, -0.1) is 0 Å². The number of aromatic nitrogens is 2. The Hall–Kier alpha value is -1.56. The molecule has 6 nitrogen and oxygen atoms in total. The predicted molar refractivity (Wildman–Crippen MR) is 74.2 cm³/mol. The van der Waals surface area contributed by atoms with E-state index in [0.717, 1.165) is 25.0 Å². The lowest BCUT2D eigenvalue weighted by Gasteiger charge is -2.38. The molecule has 1 saturated carbocycles. The van der Waals surface area contributed by atoms with Crippen molar-refractivity contribution in [2.45, 2.75) is 44.4 Å². The van der Waals surface area contributed by atoms with Crippen LogP contribution in [0.4, 0.5) is 4.79 Å². The molecule has 0 aromatic carbocycles. The molecular formula is C14H22N4O2. The van der Waals surface area contributed by atoms with Crippen molar-refractivity contribution in [3.05, 3.63) is 18.0 Å². The maximum Gasteiger partial charge on any atom is 0.318 e. The van der Waals surface area contributed by atoms with Crippen LogP contribution in [0.25, 0.3) is 0 Å². The number of amides is 2. The molecule has 1 saturated heterocycles. The van der Waals surface area contributed by atoms with Crippen molar-refractivity contribution >= 4 is 6.03 Å². The van der Waals surface area contributed by atoms with Crippen LogP contribution >= 0.6 is 0 Å². The monoisotopic (exact) mass is 278 g/mol. The zero-order valence-corrected chi connectivity index (χ0v) is 12.1. The largest absolute Gasteiger partial charge is 0.374 e. The van der Waals surface area contributed by atoms with Crippen LogP contribution in [-0.2, 0) is 11.8 Å². The molecule has 1 aliphatic heterocycles. The van der Waals surface area contributed by atoms with E-state index >= 15 is 0 Å². The van der Waals surface area contributed by atoms with E-state index in [-0.39, 0.29) is 24.2 Å². The van der Waals surface area contributed by atoms with E-state index in [0.29, 0.717) is 13.2 Å². The normalized spacial score (nSPS) is 27.2. The number of rotatable bonds is 2. The topological polar surface area (TPSA) is 59.4 Å². The van der Waals surface area contributed by atoms with Crippen molar-refractivity contribution in [3.63, 3.8) is 0 Å². The summed E-state index contributed by atoms with van der Waals surface area (Å²) in [6.45, 7) is 3.29. The zero-order valence-electron chi connectivity index (χ0n) is 12.1. The number of aryl methyl sites for hydroxylation is 1. The van der Waals surface area contributed by atoms with E-state index in [4.69, 9.17) is 4.74 Å². The fourth-order valence-electron chi connectivity index (χ4n) is 3.18. The molecule has 0 spiro atoms. The summed E-state index contributed by atoms with van der Waals surface area (Å²) < 4.78 is 7.49. The van der Waals surface area contributed by atoms with Gasteiger partial charge in [-0.3, -0.25) is 4.68 Å². The van der Waals surface area contributed by atoms with E-state index in [9.17, 15) is 4.79 Å². The van der Waals surface area contributed by atoms with Gasteiger partial charge in [-0.25, -0.2) is 4.79 Å². The highest BCUT2D eigenvalue weighted by Crippen LogP contribution is 2.29. The number of carbonyl (C=O) groups excluding carboxylic acids is 1. The minimum Gasteiger partial charge on any atom is -0.374 e. The Kier molecular flexibility index (Phi) is 3.65. The molecule has 3 rings (SSSR count). The highest BCUT2D eigenvalue weighted by atomic mass is 16.5. The first-order valence-corrected chi connectivity index (χ1v) is 7.33. The van der Waals surface area contributed by atoms with Crippen molar-refractivity contribution < 1.29 is 9.53 Å². The summed E-state index contributed by atoms with van der Waals surface area (Å²) in [5.41, 5.74) is 0.886. The van der Waals surface area contributed by atoms with Crippen LogP contribution in [0.5, 0.6) is 0 Å². The highest BCUT2D eigenvalue weighted by molar-refractivity contribution is 5.75. The number of urea groups is 1. The Balaban J connectivity index is 1.63. The average molecular weight is 278 g/mol. The third-order valence-corrected chi connectivity index (χ3v) is 4.26. The molecule has 2 aliphatic rings. The van der Waals surface area contributed by atoms with Crippen LogP contribution < -0.4 is 5.32 Å². The number of morpholine rings is 1. The van der Waals surface area contributed by atoms with E-state index in [1.165, 1.54) is 0 Å². The summed E-state index contributed by atoms with van der Waals surface area (Å²) in [6, 6.07) is 2.11. The SMILES string of the molecule is CC(NC(=O)N1CCOC2CCCC21)c1ccn(C)n1. The van der Waals surface area contributed by atoms with Crippen LogP contribution in [0.3, 0.4) is 0 Å². The molecule has 2 fully saturated rings. The molecule has 3 unspecified atom stereocenters. The van der Waals surface area contributed by atoms with Crippen LogP contribution in [0.2, 0.25) is 0 Å². The number of carbonyl (C=O) groups is 1. The first-order valence-electron chi connectivity index (χ1n) is 7.33. The molecule has 2 heterocycles. The minimum atomic E-state index is -0.0774. The second kappa shape index (κ2) is 5.44. The zero-order chi connectivity index (χ0) is 14.1. The van der Waals surface area contributed by atoms with Crippen LogP contribution in [0.1, 0.15) is 37.9 Å². The van der Waals surface area contributed by atoms with Gasteiger partial charge in [0.05, 0.1) is 30.5 Å². The van der Waals surface area contributed by atoms with Gasteiger partial charge in [-0.2, -0.15) is 5.10 Å². The fourth-order valence-corrected chi connectivity index (χ4v) is 3.18. The predicted octanol–water partition coefficient (Wildman–Crippen LogP) is 1.44. The quantitative estimate of drug-likeness (QED) is 0.890. The third kappa shape index (κ3) is 2.52. The molecule has 6 heteroatoms. The molecule has 1 aromatic heterocycles. The molecular weight excluding hydrogens is 256 g/mol. The van der Waals surface area contributed by atoms with Gasteiger partial charge in [0.15, 0.2) is 0 Å². The molecule has 1 aliphatic carbocycles.